The molecule has 3 aromatic rings. The Hall–Kier alpha value is -5.05. The number of aromatic nitrogens is 2. The number of carbonyl (C=O) groups excluding carboxylic acids is 2. The Kier molecular flexibility index (Phi) is 8.57. The summed E-state index contributed by atoms with van der Waals surface area (Å²) in [4.78, 5) is 38.2. The van der Waals surface area contributed by atoms with Gasteiger partial charge in [-0.2, -0.15) is 0 Å². The minimum absolute atomic E-state index is 0.0866. The van der Waals surface area contributed by atoms with Crippen molar-refractivity contribution in [1.29, 1.82) is 5.41 Å². The molecule has 42 heavy (non-hydrogen) atoms. The summed E-state index contributed by atoms with van der Waals surface area (Å²) in [5.41, 5.74) is 18.3. The Bertz CT molecular complexity index is 1460. The molecule has 0 radical (unpaired) electrons. The fraction of sp³-hybridized carbons (Fsp3) is 0.242. The van der Waals surface area contributed by atoms with Crippen molar-refractivity contribution < 1.29 is 9.59 Å². The van der Waals surface area contributed by atoms with Crippen molar-refractivity contribution in [1.82, 2.24) is 19.8 Å². The minimum Gasteiger partial charge on any atom is -0.386 e. The van der Waals surface area contributed by atoms with Crippen molar-refractivity contribution in [3.8, 4) is 0 Å². The molecule has 0 saturated carbocycles. The highest BCUT2D eigenvalue weighted by molar-refractivity contribution is 6.00. The van der Waals surface area contributed by atoms with Gasteiger partial charge in [-0.3, -0.25) is 15.0 Å². The van der Waals surface area contributed by atoms with E-state index in [1.807, 2.05) is 58.3 Å². The highest BCUT2D eigenvalue weighted by atomic mass is 16.1. The second-order valence-corrected chi connectivity index (χ2v) is 10.6. The molecule has 9 nitrogen and oxygen atoms in total. The molecule has 0 fully saturated rings. The smallest absolute Gasteiger partial charge is 0.188 e. The molecule has 5 rings (SSSR count). The highest BCUT2D eigenvalue weighted by Gasteiger charge is 2.17. The molecule has 2 aromatic carbocycles. The van der Waals surface area contributed by atoms with Crippen LogP contribution in [-0.2, 0) is 12.8 Å². The van der Waals surface area contributed by atoms with Gasteiger partial charge >= 0.3 is 0 Å². The summed E-state index contributed by atoms with van der Waals surface area (Å²) in [6, 6.07) is 17.4. The lowest BCUT2D eigenvalue weighted by Gasteiger charge is -2.28. The van der Waals surface area contributed by atoms with Crippen LogP contribution < -0.4 is 11.5 Å². The monoisotopic (exact) mass is 561 g/mol. The van der Waals surface area contributed by atoms with E-state index in [0.717, 1.165) is 48.2 Å². The third kappa shape index (κ3) is 6.80. The molecule has 0 saturated heterocycles. The molecule has 0 spiro atoms. The Balaban J connectivity index is 1.18. The number of carbonyl (C=O) groups is 2. The van der Waals surface area contributed by atoms with Gasteiger partial charge < -0.3 is 21.3 Å². The van der Waals surface area contributed by atoms with Gasteiger partial charge in [0.05, 0.1) is 5.82 Å². The second kappa shape index (κ2) is 12.6. The number of Topliss-reactive ketones (excluding diaryl/α,β-unsaturated/α-hetero) is 2. The lowest BCUT2D eigenvalue weighted by Crippen LogP contribution is -2.39. The molecular weight excluding hydrogens is 526 g/mol. The largest absolute Gasteiger partial charge is 0.386 e. The Morgan fingerprint density at radius 2 is 1.21 bits per heavy atom. The molecule has 214 valence electrons. The fourth-order valence-corrected chi connectivity index (χ4v) is 5.23. The number of nitrogens with zero attached hydrogens (tertiary/aromatic N) is 4. The first-order valence-electron chi connectivity index (χ1n) is 14.0. The van der Waals surface area contributed by atoms with Gasteiger partial charge in [-0.25, -0.2) is 9.97 Å². The molecule has 0 aliphatic carbocycles. The maximum absolute atomic E-state index is 13.0. The molecule has 0 atom stereocenters. The number of hydrogen-bond donors (Lipinski definition) is 3. The SMILES string of the molecule is C=C(N)N1CC=C(c2ccc(CC(=O)c3cc(C(=O)Cc4ccc(C5=CCN(C(=N)N)CC5)cc4)ncn3)cc2)CC1. The van der Waals surface area contributed by atoms with E-state index in [-0.39, 0.29) is 41.8 Å². The van der Waals surface area contributed by atoms with Crippen LogP contribution in [-0.4, -0.2) is 63.5 Å². The van der Waals surface area contributed by atoms with Gasteiger partial charge in [-0.05, 0) is 52.3 Å². The predicted octanol–water partition coefficient (Wildman–Crippen LogP) is 3.83. The maximum atomic E-state index is 13.0. The Morgan fingerprint density at radius 1 is 0.762 bits per heavy atom. The van der Waals surface area contributed by atoms with Crippen LogP contribution in [0.3, 0.4) is 0 Å². The van der Waals surface area contributed by atoms with E-state index in [2.05, 4.69) is 28.7 Å². The van der Waals surface area contributed by atoms with Gasteiger partial charge in [0.25, 0.3) is 0 Å². The molecule has 5 N–H and O–H groups in total. The number of hydrogen-bond acceptors (Lipinski definition) is 7. The standard InChI is InChI=1S/C33H35N7O2/c1-22(34)39-14-10-27(11-15-39)25-6-2-23(3-7-25)18-31(41)29-20-30(38-21-37-29)32(42)19-24-4-8-26(9-5-24)28-12-16-40(17-13-28)33(35)36/h2-10,12,20-21H,1,11,13-19,34H2,(H3,35,36). The number of guanidine groups is 1. The summed E-state index contributed by atoms with van der Waals surface area (Å²) in [5, 5.41) is 7.57. The lowest BCUT2D eigenvalue weighted by molar-refractivity contribution is 0.0987. The summed E-state index contributed by atoms with van der Waals surface area (Å²) in [6.07, 6.45) is 7.58. The third-order valence-electron chi connectivity index (χ3n) is 7.78. The summed E-state index contributed by atoms with van der Waals surface area (Å²) in [6.45, 7) is 6.71. The van der Waals surface area contributed by atoms with Crippen molar-refractivity contribution in [2.24, 2.45) is 11.5 Å². The van der Waals surface area contributed by atoms with Gasteiger partial charge in [0, 0.05) is 39.0 Å². The van der Waals surface area contributed by atoms with Crippen LogP contribution >= 0.6 is 0 Å². The first kappa shape index (κ1) is 28.5. The zero-order chi connectivity index (χ0) is 29.6. The average molecular weight is 562 g/mol. The average Bonchev–Trinajstić information content (AvgIpc) is 3.02. The van der Waals surface area contributed by atoms with Crippen LogP contribution in [0.25, 0.3) is 11.1 Å². The summed E-state index contributed by atoms with van der Waals surface area (Å²) in [5.74, 6) is 0.334. The molecule has 2 aliphatic heterocycles. The van der Waals surface area contributed by atoms with E-state index in [1.165, 1.54) is 23.5 Å². The normalized spacial score (nSPS) is 15.0. The molecule has 0 amide bonds. The van der Waals surface area contributed by atoms with E-state index in [4.69, 9.17) is 16.9 Å². The zero-order valence-corrected chi connectivity index (χ0v) is 23.6. The maximum Gasteiger partial charge on any atom is 0.188 e. The van der Waals surface area contributed by atoms with Crippen LogP contribution in [0, 0.1) is 5.41 Å². The number of ketones is 2. The van der Waals surface area contributed by atoms with E-state index in [1.54, 1.807) is 0 Å². The van der Waals surface area contributed by atoms with E-state index in [0.29, 0.717) is 18.9 Å². The summed E-state index contributed by atoms with van der Waals surface area (Å²) in [7, 11) is 0. The van der Waals surface area contributed by atoms with Crippen molar-refractivity contribution >= 4 is 28.7 Å². The van der Waals surface area contributed by atoms with Crippen LogP contribution in [0.15, 0.2) is 85.5 Å². The Labute approximate surface area is 245 Å². The van der Waals surface area contributed by atoms with Crippen molar-refractivity contribution in [2.75, 3.05) is 26.2 Å². The molecule has 3 heterocycles. The fourth-order valence-electron chi connectivity index (χ4n) is 5.23. The number of rotatable bonds is 9. The van der Waals surface area contributed by atoms with Gasteiger partial charge in [-0.15, -0.1) is 0 Å². The van der Waals surface area contributed by atoms with Crippen LogP contribution in [0.4, 0.5) is 0 Å². The number of nitrogens with two attached hydrogens (primary N) is 2. The van der Waals surface area contributed by atoms with Crippen LogP contribution in [0.2, 0.25) is 0 Å². The first-order chi connectivity index (χ1) is 20.3. The van der Waals surface area contributed by atoms with Crippen molar-refractivity contribution in [3.63, 3.8) is 0 Å². The third-order valence-corrected chi connectivity index (χ3v) is 7.78. The Morgan fingerprint density at radius 3 is 1.60 bits per heavy atom. The second-order valence-electron chi connectivity index (χ2n) is 10.6. The minimum atomic E-state index is -0.171. The number of nitrogens with one attached hydrogen (secondary N) is 1. The molecule has 9 heteroatoms. The molecule has 2 aliphatic rings. The molecular formula is C33H35N7O2. The number of benzene rings is 2. The van der Waals surface area contributed by atoms with Crippen LogP contribution in [0.1, 0.15) is 56.1 Å². The molecule has 1 aromatic heterocycles. The predicted molar refractivity (Wildman–Crippen MR) is 165 cm³/mol. The van der Waals surface area contributed by atoms with Gasteiger partial charge in [0.15, 0.2) is 17.5 Å². The topological polar surface area (TPSA) is 142 Å². The molecule has 0 bridgehead atoms. The van der Waals surface area contributed by atoms with Crippen LogP contribution in [0.5, 0.6) is 0 Å². The van der Waals surface area contributed by atoms with Gasteiger partial charge in [-0.1, -0.05) is 67.3 Å². The summed E-state index contributed by atoms with van der Waals surface area (Å²) >= 11 is 0. The zero-order valence-electron chi connectivity index (χ0n) is 23.6. The van der Waals surface area contributed by atoms with Crippen molar-refractivity contribution in [3.05, 3.63) is 119 Å². The van der Waals surface area contributed by atoms with Gasteiger partial charge in [0.2, 0.25) is 0 Å². The van der Waals surface area contributed by atoms with E-state index >= 15 is 0 Å². The summed E-state index contributed by atoms with van der Waals surface area (Å²) < 4.78 is 0. The molecule has 0 unspecified atom stereocenters. The first-order valence-corrected chi connectivity index (χ1v) is 14.0. The van der Waals surface area contributed by atoms with E-state index in [9.17, 15) is 9.59 Å². The van der Waals surface area contributed by atoms with E-state index < -0.39 is 0 Å². The highest BCUT2D eigenvalue weighted by Crippen LogP contribution is 2.25. The van der Waals surface area contributed by atoms with Crippen molar-refractivity contribution in [2.45, 2.75) is 25.7 Å². The lowest BCUT2D eigenvalue weighted by atomic mass is 9.96. The quantitative estimate of drug-likeness (QED) is 0.203. The van der Waals surface area contributed by atoms with Gasteiger partial charge in [0.1, 0.15) is 17.7 Å².